The van der Waals surface area contributed by atoms with E-state index in [9.17, 15) is 14.4 Å². The zero-order valence-electron chi connectivity index (χ0n) is 25.0. The standard InChI is InChI=1S/C35H30N2O8/c1-41-29-11-5-21(17-31(29)43-3)7-15-33(38)36-23-9-13-27-25(19-23)35(40)26-20-24(10-14-28(26)45-27)37-34(39)16-8-22-6-12-30(42-2)32(18-22)44-4/h5-20H,1-4H3,(H,36,38)(H,37,39)/b15-7+,16-8+. The second-order valence-corrected chi connectivity index (χ2v) is 9.73. The van der Waals surface area contributed by atoms with Gasteiger partial charge in [-0.2, -0.15) is 0 Å². The number of hydrogen-bond donors (Lipinski definition) is 2. The molecule has 0 fully saturated rings. The lowest BCUT2D eigenvalue weighted by Gasteiger charge is -2.08. The normalized spacial score (nSPS) is 11.2. The van der Waals surface area contributed by atoms with Crippen LogP contribution in [0.3, 0.4) is 0 Å². The van der Waals surface area contributed by atoms with Gasteiger partial charge < -0.3 is 34.0 Å². The molecule has 228 valence electrons. The molecule has 0 aliphatic rings. The first-order valence-electron chi connectivity index (χ1n) is 13.7. The van der Waals surface area contributed by atoms with Crippen LogP contribution in [-0.4, -0.2) is 40.3 Å². The third kappa shape index (κ3) is 6.97. The summed E-state index contributed by atoms with van der Waals surface area (Å²) in [6.07, 6.45) is 6.03. The zero-order chi connectivity index (χ0) is 31.9. The first-order valence-corrected chi connectivity index (χ1v) is 13.7. The van der Waals surface area contributed by atoms with E-state index in [-0.39, 0.29) is 28.0 Å². The van der Waals surface area contributed by atoms with Gasteiger partial charge in [0.25, 0.3) is 0 Å². The lowest BCUT2D eigenvalue weighted by Crippen LogP contribution is -2.10. The molecule has 0 spiro atoms. The number of amides is 2. The van der Waals surface area contributed by atoms with E-state index >= 15 is 0 Å². The summed E-state index contributed by atoms with van der Waals surface area (Å²) in [5.74, 6) is 1.48. The van der Waals surface area contributed by atoms with Gasteiger partial charge in [-0.05, 0) is 83.9 Å². The molecule has 10 heteroatoms. The Morgan fingerprint density at radius 2 is 1.00 bits per heavy atom. The number of fused-ring (bicyclic) bond motifs is 2. The highest BCUT2D eigenvalue weighted by Gasteiger charge is 2.11. The number of ether oxygens (including phenoxy) is 4. The molecule has 0 saturated carbocycles. The Morgan fingerprint density at radius 1 is 0.578 bits per heavy atom. The van der Waals surface area contributed by atoms with Gasteiger partial charge in [-0.25, -0.2) is 0 Å². The van der Waals surface area contributed by atoms with E-state index in [1.807, 2.05) is 0 Å². The van der Waals surface area contributed by atoms with Gasteiger partial charge in [0.05, 0.1) is 39.2 Å². The van der Waals surface area contributed by atoms with E-state index in [0.29, 0.717) is 45.5 Å². The highest BCUT2D eigenvalue weighted by molar-refractivity contribution is 6.04. The first-order chi connectivity index (χ1) is 21.8. The summed E-state index contributed by atoms with van der Waals surface area (Å²) >= 11 is 0. The van der Waals surface area contributed by atoms with Crippen molar-refractivity contribution >= 4 is 57.3 Å². The van der Waals surface area contributed by atoms with E-state index in [1.54, 1.807) is 99.2 Å². The predicted molar refractivity (Wildman–Crippen MR) is 174 cm³/mol. The van der Waals surface area contributed by atoms with Crippen LogP contribution in [0.25, 0.3) is 34.1 Å². The monoisotopic (exact) mass is 606 g/mol. The van der Waals surface area contributed by atoms with Crippen molar-refractivity contribution in [3.8, 4) is 23.0 Å². The fourth-order valence-electron chi connectivity index (χ4n) is 4.64. The SMILES string of the molecule is COc1ccc(/C=C/C(=O)Nc2ccc3oc4ccc(NC(=O)/C=C/c5ccc(OC)c(OC)c5)cc4c(=O)c3c2)cc1OC. The number of nitrogens with one attached hydrogen (secondary N) is 2. The van der Waals surface area contributed by atoms with E-state index in [0.717, 1.165) is 11.1 Å². The maximum absolute atomic E-state index is 13.5. The van der Waals surface area contributed by atoms with Gasteiger partial charge in [-0.3, -0.25) is 14.4 Å². The molecule has 4 aromatic carbocycles. The van der Waals surface area contributed by atoms with Crippen LogP contribution in [0.5, 0.6) is 23.0 Å². The Labute approximate surface area is 258 Å². The molecular weight excluding hydrogens is 576 g/mol. The number of anilines is 2. The number of hydrogen-bond acceptors (Lipinski definition) is 8. The zero-order valence-corrected chi connectivity index (χ0v) is 25.0. The molecule has 2 amide bonds. The second-order valence-electron chi connectivity index (χ2n) is 9.73. The third-order valence-corrected chi connectivity index (χ3v) is 6.87. The molecule has 0 atom stereocenters. The lowest BCUT2D eigenvalue weighted by molar-refractivity contribution is -0.112. The van der Waals surface area contributed by atoms with Crippen molar-refractivity contribution in [3.63, 3.8) is 0 Å². The Balaban J connectivity index is 1.32. The topological polar surface area (TPSA) is 125 Å². The Hall–Kier alpha value is -6.03. The van der Waals surface area contributed by atoms with Crippen molar-refractivity contribution < 1.29 is 33.0 Å². The number of carbonyl (C=O) groups excluding carboxylic acids is 2. The maximum Gasteiger partial charge on any atom is 0.248 e. The van der Waals surface area contributed by atoms with Gasteiger partial charge in [-0.1, -0.05) is 12.1 Å². The lowest BCUT2D eigenvalue weighted by atomic mass is 10.1. The Kier molecular flexibility index (Phi) is 9.14. The van der Waals surface area contributed by atoms with Crippen molar-refractivity contribution in [1.29, 1.82) is 0 Å². The summed E-state index contributed by atoms with van der Waals surface area (Å²) in [6.45, 7) is 0. The fourth-order valence-corrected chi connectivity index (χ4v) is 4.64. The van der Waals surface area contributed by atoms with Gasteiger partial charge >= 0.3 is 0 Å². The van der Waals surface area contributed by atoms with Crippen LogP contribution in [-0.2, 0) is 9.59 Å². The van der Waals surface area contributed by atoms with Crippen molar-refractivity contribution in [2.75, 3.05) is 39.1 Å². The number of benzene rings is 4. The first kappa shape index (κ1) is 30.4. The van der Waals surface area contributed by atoms with E-state index in [1.165, 1.54) is 26.4 Å². The molecule has 2 N–H and O–H groups in total. The largest absolute Gasteiger partial charge is 0.493 e. The summed E-state index contributed by atoms with van der Waals surface area (Å²) in [7, 11) is 6.17. The third-order valence-electron chi connectivity index (χ3n) is 6.87. The molecule has 0 radical (unpaired) electrons. The summed E-state index contributed by atoms with van der Waals surface area (Å²) in [4.78, 5) is 38.7. The average molecular weight is 607 g/mol. The van der Waals surface area contributed by atoms with E-state index in [2.05, 4.69) is 10.6 Å². The number of rotatable bonds is 10. The second kappa shape index (κ2) is 13.5. The van der Waals surface area contributed by atoms with Crippen LogP contribution < -0.4 is 35.0 Å². The molecule has 5 rings (SSSR count). The van der Waals surface area contributed by atoms with Gasteiger partial charge in [0.15, 0.2) is 23.0 Å². The molecule has 5 aromatic rings. The molecular formula is C35H30N2O8. The molecule has 1 aromatic heterocycles. The molecule has 45 heavy (non-hydrogen) atoms. The van der Waals surface area contributed by atoms with Crippen LogP contribution in [0.4, 0.5) is 11.4 Å². The molecule has 10 nitrogen and oxygen atoms in total. The van der Waals surface area contributed by atoms with Crippen molar-refractivity contribution in [3.05, 3.63) is 106 Å². The van der Waals surface area contributed by atoms with Crippen LogP contribution in [0, 0.1) is 0 Å². The van der Waals surface area contributed by atoms with Crippen LogP contribution in [0.2, 0.25) is 0 Å². The minimum absolute atomic E-state index is 0.279. The minimum atomic E-state index is -0.388. The van der Waals surface area contributed by atoms with Gasteiger partial charge in [-0.15, -0.1) is 0 Å². The maximum atomic E-state index is 13.5. The molecule has 0 saturated heterocycles. The van der Waals surface area contributed by atoms with Crippen molar-refractivity contribution in [1.82, 2.24) is 0 Å². The van der Waals surface area contributed by atoms with E-state index < -0.39 is 0 Å². The number of carbonyl (C=O) groups is 2. The van der Waals surface area contributed by atoms with Crippen molar-refractivity contribution in [2.45, 2.75) is 0 Å². The van der Waals surface area contributed by atoms with Gasteiger partial charge in [0.2, 0.25) is 17.2 Å². The summed E-state index contributed by atoms with van der Waals surface area (Å²) in [6, 6.07) is 20.2. The molecule has 1 heterocycles. The Bertz CT molecular complexity index is 1890. The quantitative estimate of drug-likeness (QED) is 0.141. The highest BCUT2D eigenvalue weighted by atomic mass is 16.5. The average Bonchev–Trinajstić information content (AvgIpc) is 3.06. The predicted octanol–water partition coefficient (Wildman–Crippen LogP) is 6.28. The summed E-state index contributed by atoms with van der Waals surface area (Å²) in [5.41, 5.74) is 2.74. The Morgan fingerprint density at radius 3 is 1.40 bits per heavy atom. The molecule has 0 bridgehead atoms. The fraction of sp³-hybridized carbons (Fsp3) is 0.114. The smallest absolute Gasteiger partial charge is 0.248 e. The molecule has 0 aliphatic carbocycles. The molecule has 0 aliphatic heterocycles. The number of methoxy groups -OCH3 is 4. The van der Waals surface area contributed by atoms with Crippen LogP contribution >= 0.6 is 0 Å². The van der Waals surface area contributed by atoms with Gasteiger partial charge in [0.1, 0.15) is 11.2 Å². The van der Waals surface area contributed by atoms with E-state index in [4.69, 9.17) is 23.4 Å². The van der Waals surface area contributed by atoms with Crippen molar-refractivity contribution in [2.24, 2.45) is 0 Å². The minimum Gasteiger partial charge on any atom is -0.493 e. The molecule has 0 unspecified atom stereocenters. The summed E-state index contributed by atoms with van der Waals surface area (Å²) in [5, 5.41) is 6.09. The van der Waals surface area contributed by atoms with Crippen LogP contribution in [0.15, 0.2) is 94.2 Å². The summed E-state index contributed by atoms with van der Waals surface area (Å²) < 4.78 is 27.0. The highest BCUT2D eigenvalue weighted by Crippen LogP contribution is 2.29. The van der Waals surface area contributed by atoms with Gasteiger partial charge in [0, 0.05) is 23.5 Å². The van der Waals surface area contributed by atoms with Crippen LogP contribution in [0.1, 0.15) is 11.1 Å².